The molecule has 0 saturated heterocycles. The standard InChI is InChI=1S/C10H19N3O2/c1-9-7-12(2)11-10(9)8-13(3-5-14)4-6-15/h7,14-15H,3-6,8H2,1-2H3. The molecule has 0 amide bonds. The highest BCUT2D eigenvalue weighted by Crippen LogP contribution is 2.07. The summed E-state index contributed by atoms with van der Waals surface area (Å²) in [6.45, 7) is 4.02. The quantitative estimate of drug-likeness (QED) is 0.670. The summed E-state index contributed by atoms with van der Waals surface area (Å²) in [6, 6.07) is 0. The van der Waals surface area contributed by atoms with Gasteiger partial charge in [-0.2, -0.15) is 5.10 Å². The molecular formula is C10H19N3O2. The molecule has 0 aliphatic carbocycles. The molecule has 5 heteroatoms. The SMILES string of the molecule is Cc1cn(C)nc1CN(CCO)CCO. The van der Waals surface area contributed by atoms with E-state index in [9.17, 15) is 0 Å². The van der Waals surface area contributed by atoms with Gasteiger partial charge in [0.25, 0.3) is 0 Å². The lowest BCUT2D eigenvalue weighted by molar-refractivity contribution is 0.154. The Kier molecular flexibility index (Phi) is 4.74. The molecule has 1 aromatic rings. The molecule has 0 radical (unpaired) electrons. The van der Waals surface area contributed by atoms with Crippen LogP contribution in [0.1, 0.15) is 11.3 Å². The van der Waals surface area contributed by atoms with Crippen LogP contribution in [0.5, 0.6) is 0 Å². The summed E-state index contributed by atoms with van der Waals surface area (Å²) in [5.41, 5.74) is 2.14. The summed E-state index contributed by atoms with van der Waals surface area (Å²) in [6.07, 6.45) is 1.96. The van der Waals surface area contributed by atoms with Crippen LogP contribution in [-0.2, 0) is 13.6 Å². The Balaban J connectivity index is 2.60. The molecule has 5 nitrogen and oxygen atoms in total. The Labute approximate surface area is 89.9 Å². The number of rotatable bonds is 6. The predicted molar refractivity (Wildman–Crippen MR) is 57.4 cm³/mol. The molecule has 0 bridgehead atoms. The van der Waals surface area contributed by atoms with Gasteiger partial charge in [-0.05, 0) is 12.5 Å². The molecule has 0 atom stereocenters. The number of hydrogen-bond acceptors (Lipinski definition) is 4. The summed E-state index contributed by atoms with van der Waals surface area (Å²) in [4.78, 5) is 1.98. The molecule has 0 aliphatic heterocycles. The van der Waals surface area contributed by atoms with Gasteiger partial charge in [0.2, 0.25) is 0 Å². The summed E-state index contributed by atoms with van der Waals surface area (Å²) >= 11 is 0. The van der Waals surface area contributed by atoms with E-state index in [1.165, 1.54) is 0 Å². The number of hydrogen-bond donors (Lipinski definition) is 2. The number of aliphatic hydroxyl groups is 2. The first-order valence-corrected chi connectivity index (χ1v) is 5.10. The second-order valence-electron chi connectivity index (χ2n) is 3.66. The van der Waals surface area contributed by atoms with E-state index in [-0.39, 0.29) is 13.2 Å². The fourth-order valence-corrected chi connectivity index (χ4v) is 1.57. The number of aryl methyl sites for hydroxylation is 2. The molecule has 1 aromatic heterocycles. The van der Waals surface area contributed by atoms with Crippen LogP contribution in [0.15, 0.2) is 6.20 Å². The monoisotopic (exact) mass is 213 g/mol. The first-order valence-electron chi connectivity index (χ1n) is 5.10. The topological polar surface area (TPSA) is 61.5 Å². The highest BCUT2D eigenvalue weighted by molar-refractivity contribution is 5.14. The Morgan fingerprint density at radius 1 is 1.33 bits per heavy atom. The lowest BCUT2D eigenvalue weighted by atomic mass is 10.2. The molecule has 1 rings (SSSR count). The van der Waals surface area contributed by atoms with Crippen molar-refractivity contribution >= 4 is 0 Å². The minimum Gasteiger partial charge on any atom is -0.395 e. The van der Waals surface area contributed by atoms with Gasteiger partial charge >= 0.3 is 0 Å². The number of nitrogens with zero attached hydrogens (tertiary/aromatic N) is 3. The maximum atomic E-state index is 8.87. The van der Waals surface area contributed by atoms with E-state index in [2.05, 4.69) is 5.10 Å². The molecule has 0 aliphatic rings. The first-order chi connectivity index (χ1) is 7.17. The first kappa shape index (κ1) is 12.2. The minimum absolute atomic E-state index is 0.103. The van der Waals surface area contributed by atoms with Crippen molar-refractivity contribution in [2.75, 3.05) is 26.3 Å². The summed E-state index contributed by atoms with van der Waals surface area (Å²) in [5.74, 6) is 0. The van der Waals surface area contributed by atoms with Crippen LogP contribution in [0.3, 0.4) is 0 Å². The third-order valence-electron chi connectivity index (χ3n) is 2.32. The molecule has 0 unspecified atom stereocenters. The number of aliphatic hydroxyl groups excluding tert-OH is 2. The summed E-state index contributed by atoms with van der Waals surface area (Å²) in [5, 5.41) is 22.1. The molecule has 0 aromatic carbocycles. The summed E-state index contributed by atoms with van der Waals surface area (Å²) < 4.78 is 1.78. The largest absolute Gasteiger partial charge is 0.395 e. The van der Waals surface area contributed by atoms with Gasteiger partial charge in [-0.1, -0.05) is 0 Å². The van der Waals surface area contributed by atoms with Crippen LogP contribution >= 0.6 is 0 Å². The van der Waals surface area contributed by atoms with E-state index < -0.39 is 0 Å². The highest BCUT2D eigenvalue weighted by atomic mass is 16.3. The fraction of sp³-hybridized carbons (Fsp3) is 0.700. The molecule has 0 fully saturated rings. The Hall–Kier alpha value is -0.910. The van der Waals surface area contributed by atoms with E-state index >= 15 is 0 Å². The van der Waals surface area contributed by atoms with Gasteiger partial charge in [0.15, 0.2) is 0 Å². The smallest absolute Gasteiger partial charge is 0.0793 e. The van der Waals surface area contributed by atoms with Crippen LogP contribution in [0.2, 0.25) is 0 Å². The fourth-order valence-electron chi connectivity index (χ4n) is 1.57. The number of aromatic nitrogens is 2. The zero-order valence-corrected chi connectivity index (χ0v) is 9.35. The molecule has 86 valence electrons. The lowest BCUT2D eigenvalue weighted by Gasteiger charge is -2.18. The zero-order valence-electron chi connectivity index (χ0n) is 9.35. The van der Waals surface area contributed by atoms with E-state index in [1.807, 2.05) is 25.1 Å². The van der Waals surface area contributed by atoms with Crippen molar-refractivity contribution in [3.05, 3.63) is 17.5 Å². The third kappa shape index (κ3) is 3.62. The molecule has 15 heavy (non-hydrogen) atoms. The second-order valence-corrected chi connectivity index (χ2v) is 3.66. The minimum atomic E-state index is 0.103. The Morgan fingerprint density at radius 2 is 1.93 bits per heavy atom. The van der Waals surface area contributed by atoms with Crippen molar-refractivity contribution in [3.8, 4) is 0 Å². The molecule has 1 heterocycles. The zero-order chi connectivity index (χ0) is 11.3. The predicted octanol–water partition coefficient (Wildman–Crippen LogP) is -0.485. The van der Waals surface area contributed by atoms with Crippen LogP contribution in [0.25, 0.3) is 0 Å². The van der Waals surface area contributed by atoms with Crippen molar-refractivity contribution in [1.82, 2.24) is 14.7 Å². The van der Waals surface area contributed by atoms with Gasteiger partial charge in [0.1, 0.15) is 0 Å². The van der Waals surface area contributed by atoms with Crippen molar-refractivity contribution in [3.63, 3.8) is 0 Å². The van der Waals surface area contributed by atoms with Gasteiger partial charge in [-0.25, -0.2) is 0 Å². The van der Waals surface area contributed by atoms with Crippen LogP contribution < -0.4 is 0 Å². The van der Waals surface area contributed by atoms with Crippen molar-refractivity contribution in [2.24, 2.45) is 7.05 Å². The normalized spacial score (nSPS) is 11.3. The van der Waals surface area contributed by atoms with Gasteiger partial charge < -0.3 is 10.2 Å². The highest BCUT2D eigenvalue weighted by Gasteiger charge is 2.09. The van der Waals surface area contributed by atoms with Crippen LogP contribution in [-0.4, -0.2) is 51.2 Å². The molecular weight excluding hydrogens is 194 g/mol. The Bertz CT molecular complexity index is 293. The maximum Gasteiger partial charge on any atom is 0.0793 e. The molecule has 0 saturated carbocycles. The van der Waals surface area contributed by atoms with E-state index in [0.29, 0.717) is 19.6 Å². The van der Waals surface area contributed by atoms with E-state index in [0.717, 1.165) is 11.3 Å². The van der Waals surface area contributed by atoms with Crippen molar-refractivity contribution in [1.29, 1.82) is 0 Å². The van der Waals surface area contributed by atoms with Crippen molar-refractivity contribution in [2.45, 2.75) is 13.5 Å². The third-order valence-corrected chi connectivity index (χ3v) is 2.32. The van der Waals surface area contributed by atoms with E-state index in [1.54, 1.807) is 4.68 Å². The second kappa shape index (κ2) is 5.85. The Morgan fingerprint density at radius 3 is 2.33 bits per heavy atom. The van der Waals surface area contributed by atoms with Crippen molar-refractivity contribution < 1.29 is 10.2 Å². The van der Waals surface area contributed by atoms with Gasteiger partial charge in [-0.3, -0.25) is 9.58 Å². The molecule has 0 spiro atoms. The average Bonchev–Trinajstić information content (AvgIpc) is 2.46. The van der Waals surface area contributed by atoms with Gasteiger partial charge in [0, 0.05) is 32.9 Å². The average molecular weight is 213 g/mol. The van der Waals surface area contributed by atoms with Crippen LogP contribution in [0, 0.1) is 6.92 Å². The van der Waals surface area contributed by atoms with Gasteiger partial charge in [-0.15, -0.1) is 0 Å². The molecule has 2 N–H and O–H groups in total. The summed E-state index contributed by atoms with van der Waals surface area (Å²) in [7, 11) is 1.89. The maximum absolute atomic E-state index is 8.87. The van der Waals surface area contributed by atoms with E-state index in [4.69, 9.17) is 10.2 Å². The van der Waals surface area contributed by atoms with Gasteiger partial charge in [0.05, 0.1) is 18.9 Å². The van der Waals surface area contributed by atoms with Crippen LogP contribution in [0.4, 0.5) is 0 Å². The lowest BCUT2D eigenvalue weighted by Crippen LogP contribution is -2.29.